The van der Waals surface area contributed by atoms with Crippen LogP contribution in [-0.4, -0.2) is 38.0 Å². The fraction of sp³-hybridized carbons (Fsp3) is 0.455. The van der Waals surface area contributed by atoms with Crippen molar-refractivity contribution in [2.24, 2.45) is 21.5 Å². The summed E-state index contributed by atoms with van der Waals surface area (Å²) in [6.45, 7) is 7.37. The van der Waals surface area contributed by atoms with Crippen LogP contribution >= 0.6 is 0 Å². The zero-order valence-corrected chi connectivity index (χ0v) is 17.8. The second kappa shape index (κ2) is 14.2. The normalized spacial score (nSPS) is 18.6. The van der Waals surface area contributed by atoms with Crippen molar-refractivity contribution >= 4 is 12.1 Å². The highest BCUT2D eigenvalue weighted by molar-refractivity contribution is 5.93. The molecule has 0 radical (unpaired) electrons. The number of allylic oxidation sites excluding steroid dienone is 3. The van der Waals surface area contributed by atoms with Crippen LogP contribution in [0.1, 0.15) is 40.0 Å². The molecule has 1 unspecified atom stereocenters. The summed E-state index contributed by atoms with van der Waals surface area (Å²) in [7, 11) is 0. The number of aliphatic imine (C=N–C) groups is 2. The summed E-state index contributed by atoms with van der Waals surface area (Å²) >= 11 is 0. The summed E-state index contributed by atoms with van der Waals surface area (Å²) in [5.74, 6) is 0.486. The Hall–Kier alpha value is -2.83. The van der Waals surface area contributed by atoms with Crippen molar-refractivity contribution in [3.63, 3.8) is 0 Å². The van der Waals surface area contributed by atoms with E-state index in [-0.39, 0.29) is 0 Å². The summed E-state index contributed by atoms with van der Waals surface area (Å²) in [6.07, 6.45) is 14.2. The number of nitrogens with one attached hydrogen (secondary N) is 2. The maximum absolute atomic E-state index is 13.4. The molecule has 0 aromatic carbocycles. The highest BCUT2D eigenvalue weighted by Gasteiger charge is 2.10. The Balaban J connectivity index is 2.68. The Kier molecular flexibility index (Phi) is 11.9. The van der Waals surface area contributed by atoms with Crippen LogP contribution in [0.5, 0.6) is 0 Å². The number of hydrogen-bond donors (Lipinski definition) is 4. The molecule has 7 heteroatoms. The van der Waals surface area contributed by atoms with Gasteiger partial charge < -0.3 is 22.1 Å². The minimum atomic E-state index is -1.19. The van der Waals surface area contributed by atoms with Gasteiger partial charge in [-0.15, -0.1) is 0 Å². The molecule has 1 atom stereocenters. The van der Waals surface area contributed by atoms with E-state index >= 15 is 0 Å². The van der Waals surface area contributed by atoms with E-state index in [1.165, 1.54) is 24.3 Å². The minimum Gasteiger partial charge on any atom is -0.404 e. The van der Waals surface area contributed by atoms with Crippen LogP contribution in [0.25, 0.3) is 0 Å². The Morgan fingerprint density at radius 1 is 1.38 bits per heavy atom. The number of nitrogens with zero attached hydrogens (tertiary/aromatic N) is 2. The second-order valence-electron chi connectivity index (χ2n) is 6.81. The van der Waals surface area contributed by atoms with Gasteiger partial charge in [-0.05, 0) is 62.1 Å². The molecule has 6 N–H and O–H groups in total. The smallest absolute Gasteiger partial charge is 0.168 e. The molecule has 1 rings (SSSR count). The fourth-order valence-corrected chi connectivity index (χ4v) is 2.60. The molecule has 1 heterocycles. The van der Waals surface area contributed by atoms with Gasteiger partial charge in [0.25, 0.3) is 0 Å². The monoisotopic (exact) mass is 402 g/mol. The SMILES string of the molecule is CCCN=C/C(=C\N)CN=C(/C=C\CCC1=CNC/C1=C\C(C)=C/N)NC(C)F. The molecule has 0 saturated carbocycles. The van der Waals surface area contributed by atoms with Crippen molar-refractivity contribution in [3.05, 3.63) is 59.1 Å². The average Bonchev–Trinajstić information content (AvgIpc) is 3.13. The zero-order chi connectivity index (χ0) is 21.5. The molecule has 0 fully saturated rings. The third-order valence-electron chi connectivity index (χ3n) is 4.10. The molecule has 1 aliphatic rings. The first-order valence-electron chi connectivity index (χ1n) is 10.0. The minimum absolute atomic E-state index is 0.343. The predicted octanol–water partition coefficient (Wildman–Crippen LogP) is 3.23. The largest absolute Gasteiger partial charge is 0.404 e. The van der Waals surface area contributed by atoms with Gasteiger partial charge in [0.05, 0.1) is 6.54 Å². The van der Waals surface area contributed by atoms with Gasteiger partial charge in [-0.3, -0.25) is 9.98 Å². The van der Waals surface area contributed by atoms with Crippen LogP contribution in [0.15, 0.2) is 69.1 Å². The lowest BCUT2D eigenvalue weighted by Gasteiger charge is -2.08. The highest BCUT2D eigenvalue weighted by Crippen LogP contribution is 2.21. The maximum atomic E-state index is 13.4. The summed E-state index contributed by atoms with van der Waals surface area (Å²) in [5, 5.41) is 5.97. The number of alkyl halides is 1. The van der Waals surface area contributed by atoms with E-state index < -0.39 is 6.30 Å². The average molecular weight is 403 g/mol. The summed E-state index contributed by atoms with van der Waals surface area (Å²) < 4.78 is 13.4. The molecule has 160 valence electrons. The lowest BCUT2D eigenvalue weighted by Crippen LogP contribution is -2.28. The molecule has 0 amide bonds. The maximum Gasteiger partial charge on any atom is 0.168 e. The van der Waals surface area contributed by atoms with E-state index in [1.54, 1.807) is 12.4 Å². The summed E-state index contributed by atoms with van der Waals surface area (Å²) in [5.41, 5.74) is 15.5. The Labute approximate surface area is 174 Å². The third kappa shape index (κ3) is 10.3. The van der Waals surface area contributed by atoms with Crippen LogP contribution in [0.3, 0.4) is 0 Å². The van der Waals surface area contributed by atoms with Crippen LogP contribution in [-0.2, 0) is 0 Å². The van der Waals surface area contributed by atoms with Crippen LogP contribution < -0.4 is 22.1 Å². The van der Waals surface area contributed by atoms with Crippen LogP contribution in [0.2, 0.25) is 0 Å². The van der Waals surface area contributed by atoms with Gasteiger partial charge in [0, 0.05) is 37.3 Å². The molecule has 0 spiro atoms. The molecule has 1 aliphatic heterocycles. The quantitative estimate of drug-likeness (QED) is 0.242. The van der Waals surface area contributed by atoms with Gasteiger partial charge in [0.2, 0.25) is 0 Å². The van der Waals surface area contributed by atoms with Crippen molar-refractivity contribution in [1.29, 1.82) is 0 Å². The first-order chi connectivity index (χ1) is 14.0. The molecule has 0 aliphatic carbocycles. The molecule has 6 nitrogen and oxygen atoms in total. The molecular weight excluding hydrogens is 367 g/mol. The number of amidine groups is 1. The number of rotatable bonds is 11. The molecule has 0 bridgehead atoms. The lowest BCUT2D eigenvalue weighted by molar-refractivity contribution is 0.340. The molecule has 0 aromatic heterocycles. The van der Waals surface area contributed by atoms with Crippen molar-refractivity contribution in [1.82, 2.24) is 10.6 Å². The first kappa shape index (κ1) is 24.2. The number of halogens is 1. The summed E-state index contributed by atoms with van der Waals surface area (Å²) in [4.78, 5) is 8.70. The van der Waals surface area contributed by atoms with Crippen LogP contribution in [0, 0.1) is 0 Å². The molecule has 29 heavy (non-hydrogen) atoms. The highest BCUT2D eigenvalue weighted by atomic mass is 19.1. The Bertz CT molecular complexity index is 711. The van der Waals surface area contributed by atoms with E-state index in [0.29, 0.717) is 12.4 Å². The van der Waals surface area contributed by atoms with Gasteiger partial charge >= 0.3 is 0 Å². The van der Waals surface area contributed by atoms with E-state index in [9.17, 15) is 4.39 Å². The van der Waals surface area contributed by atoms with Crippen LogP contribution in [0.4, 0.5) is 4.39 Å². The third-order valence-corrected chi connectivity index (χ3v) is 4.10. The van der Waals surface area contributed by atoms with Crippen molar-refractivity contribution in [2.75, 3.05) is 19.6 Å². The molecular formula is C22H35FN6. The van der Waals surface area contributed by atoms with Crippen molar-refractivity contribution in [2.45, 2.75) is 46.3 Å². The van der Waals surface area contributed by atoms with E-state index in [4.69, 9.17) is 11.5 Å². The molecule has 0 aromatic rings. The number of hydrogen-bond acceptors (Lipinski definition) is 5. The van der Waals surface area contributed by atoms with Gasteiger partial charge in [-0.1, -0.05) is 19.1 Å². The topological polar surface area (TPSA) is 101 Å². The standard InChI is InChI=1S/C22H35FN6/c1-4-9-26-13-19(12-25)14-28-22(29-18(3)23)8-6-5-7-20-15-27-16-21(20)10-17(2)11-24/h6,8,10-13,15,18,27H,4-5,7,9,14,16,24-25H2,1-3H3,(H,28,29)/b8-6-,17-11-,19-12+,21-10+,26-13?. The number of nitrogens with two attached hydrogens (primary N) is 2. The van der Waals surface area contributed by atoms with E-state index in [0.717, 1.165) is 43.5 Å². The van der Waals surface area contributed by atoms with Gasteiger partial charge in [-0.2, -0.15) is 0 Å². The molecule has 0 saturated heterocycles. The second-order valence-corrected chi connectivity index (χ2v) is 6.81. The summed E-state index contributed by atoms with van der Waals surface area (Å²) in [6, 6.07) is 0. The van der Waals surface area contributed by atoms with Gasteiger partial charge in [-0.25, -0.2) is 4.39 Å². The van der Waals surface area contributed by atoms with Gasteiger partial charge in [0.15, 0.2) is 6.30 Å². The predicted molar refractivity (Wildman–Crippen MR) is 122 cm³/mol. The van der Waals surface area contributed by atoms with Crippen molar-refractivity contribution in [3.8, 4) is 0 Å². The van der Waals surface area contributed by atoms with E-state index in [1.807, 2.05) is 25.3 Å². The van der Waals surface area contributed by atoms with Crippen molar-refractivity contribution < 1.29 is 4.39 Å². The zero-order valence-electron chi connectivity index (χ0n) is 17.8. The fourth-order valence-electron chi connectivity index (χ4n) is 2.60. The first-order valence-corrected chi connectivity index (χ1v) is 10.0. The Morgan fingerprint density at radius 3 is 2.83 bits per heavy atom. The van der Waals surface area contributed by atoms with Gasteiger partial charge in [0.1, 0.15) is 5.84 Å². The Morgan fingerprint density at radius 2 is 2.17 bits per heavy atom. The lowest BCUT2D eigenvalue weighted by atomic mass is 10.0. The van der Waals surface area contributed by atoms with E-state index in [2.05, 4.69) is 33.6 Å².